The molecule has 4 nitrogen and oxygen atoms in total. The Morgan fingerprint density at radius 2 is 1.85 bits per heavy atom. The second kappa shape index (κ2) is 8.60. The number of nitrogens with one attached hydrogen (secondary N) is 1. The fourth-order valence-electron chi connectivity index (χ4n) is 4.02. The summed E-state index contributed by atoms with van der Waals surface area (Å²) in [5.41, 5.74) is 0.130. The van der Waals surface area contributed by atoms with Crippen LogP contribution in [0.1, 0.15) is 56.9 Å². The number of hydrogen-bond acceptors (Lipinski definition) is 2. The van der Waals surface area contributed by atoms with Crippen LogP contribution in [0.3, 0.4) is 0 Å². The first-order chi connectivity index (χ1) is 12.6. The number of carbonyl (C=O) groups excluding carboxylic acids is 2. The molecule has 1 aromatic carbocycles. The summed E-state index contributed by atoms with van der Waals surface area (Å²) in [5.74, 6) is -2.18. The molecule has 0 unspecified atom stereocenters. The summed E-state index contributed by atoms with van der Waals surface area (Å²) in [5, 5.41) is 2.70. The van der Waals surface area contributed by atoms with Crippen molar-refractivity contribution in [2.75, 3.05) is 6.54 Å². The second-order valence-electron chi connectivity index (χ2n) is 7.36. The van der Waals surface area contributed by atoms with Gasteiger partial charge in [-0.2, -0.15) is 0 Å². The van der Waals surface area contributed by atoms with E-state index in [-0.39, 0.29) is 35.9 Å². The quantitative estimate of drug-likeness (QED) is 0.831. The first kappa shape index (κ1) is 18.8. The van der Waals surface area contributed by atoms with Gasteiger partial charge in [0, 0.05) is 31.1 Å². The average molecular weight is 364 g/mol. The van der Waals surface area contributed by atoms with Gasteiger partial charge in [-0.25, -0.2) is 8.78 Å². The van der Waals surface area contributed by atoms with Crippen LogP contribution in [0.4, 0.5) is 8.78 Å². The van der Waals surface area contributed by atoms with Crippen molar-refractivity contribution in [3.05, 3.63) is 35.4 Å². The lowest BCUT2D eigenvalue weighted by Crippen LogP contribution is -2.49. The Balaban J connectivity index is 1.58. The Bertz CT molecular complexity index is 657. The summed E-state index contributed by atoms with van der Waals surface area (Å²) in [6.45, 7) is 0.386. The molecule has 2 fully saturated rings. The number of nitrogens with zero attached hydrogens (tertiary/aromatic N) is 1. The minimum atomic E-state index is -0.924. The average Bonchev–Trinajstić information content (AvgIpc) is 2.92. The van der Waals surface area contributed by atoms with Gasteiger partial charge in [-0.1, -0.05) is 37.8 Å². The molecular weight excluding hydrogens is 338 g/mol. The molecule has 1 saturated heterocycles. The summed E-state index contributed by atoms with van der Waals surface area (Å²) < 4.78 is 27.0. The van der Waals surface area contributed by atoms with Gasteiger partial charge in [-0.15, -0.1) is 0 Å². The van der Waals surface area contributed by atoms with Gasteiger partial charge < -0.3 is 10.2 Å². The molecule has 0 bridgehead atoms. The normalized spacial score (nSPS) is 22.2. The highest BCUT2D eigenvalue weighted by Crippen LogP contribution is 2.27. The van der Waals surface area contributed by atoms with Crippen molar-refractivity contribution in [3.63, 3.8) is 0 Å². The maximum Gasteiger partial charge on any atom is 0.225 e. The molecule has 6 heteroatoms. The van der Waals surface area contributed by atoms with Crippen LogP contribution in [0.5, 0.6) is 0 Å². The van der Waals surface area contributed by atoms with Crippen molar-refractivity contribution in [3.8, 4) is 0 Å². The van der Waals surface area contributed by atoms with Gasteiger partial charge in [0.25, 0.3) is 0 Å². The number of amides is 2. The molecule has 1 heterocycles. The minimum absolute atomic E-state index is 0.0453. The molecular formula is C20H26F2N2O2. The first-order valence-electron chi connectivity index (χ1n) is 9.56. The van der Waals surface area contributed by atoms with Gasteiger partial charge in [0.1, 0.15) is 0 Å². The van der Waals surface area contributed by atoms with Crippen LogP contribution in [0.2, 0.25) is 0 Å². The number of benzene rings is 1. The number of carbonyl (C=O) groups is 2. The molecule has 0 spiro atoms. The highest BCUT2D eigenvalue weighted by Gasteiger charge is 2.34. The van der Waals surface area contributed by atoms with Crippen LogP contribution in [0, 0.1) is 17.6 Å². The number of rotatable bonds is 4. The van der Waals surface area contributed by atoms with Crippen molar-refractivity contribution in [1.29, 1.82) is 0 Å². The fourth-order valence-corrected chi connectivity index (χ4v) is 4.02. The lowest BCUT2D eigenvalue weighted by atomic mass is 9.93. The number of piperidine rings is 1. The summed E-state index contributed by atoms with van der Waals surface area (Å²) in [6, 6.07) is 4.17. The fraction of sp³-hybridized carbons (Fsp3) is 0.600. The van der Waals surface area contributed by atoms with E-state index in [1.165, 1.54) is 25.0 Å². The zero-order valence-electron chi connectivity index (χ0n) is 15.0. The number of halogens is 2. The predicted molar refractivity (Wildman–Crippen MR) is 94.1 cm³/mol. The summed E-state index contributed by atoms with van der Waals surface area (Å²) in [6.07, 6.45) is 7.59. The van der Waals surface area contributed by atoms with Crippen molar-refractivity contribution >= 4 is 11.8 Å². The summed E-state index contributed by atoms with van der Waals surface area (Å²) in [4.78, 5) is 26.7. The van der Waals surface area contributed by atoms with Crippen LogP contribution < -0.4 is 5.32 Å². The maximum absolute atomic E-state index is 13.7. The van der Waals surface area contributed by atoms with Crippen LogP contribution in [0.25, 0.3) is 0 Å². The Kier molecular flexibility index (Phi) is 6.22. The molecule has 1 aliphatic carbocycles. The molecule has 0 aromatic heterocycles. The lowest BCUT2D eigenvalue weighted by molar-refractivity contribution is -0.141. The highest BCUT2D eigenvalue weighted by molar-refractivity contribution is 5.84. The van der Waals surface area contributed by atoms with Crippen molar-refractivity contribution in [2.45, 2.75) is 64.0 Å². The molecule has 1 aromatic rings. The predicted octanol–water partition coefficient (Wildman–Crippen LogP) is 3.54. The summed E-state index contributed by atoms with van der Waals surface area (Å²) in [7, 11) is 0. The van der Waals surface area contributed by atoms with Gasteiger partial charge >= 0.3 is 0 Å². The van der Waals surface area contributed by atoms with Crippen LogP contribution in [0.15, 0.2) is 18.2 Å². The number of likely N-dealkylation sites (tertiary alicyclic amines) is 1. The molecule has 2 amide bonds. The smallest absolute Gasteiger partial charge is 0.225 e. The zero-order valence-corrected chi connectivity index (χ0v) is 15.0. The van der Waals surface area contributed by atoms with Crippen molar-refractivity contribution in [2.24, 2.45) is 5.92 Å². The van der Waals surface area contributed by atoms with E-state index in [0.29, 0.717) is 19.4 Å². The van der Waals surface area contributed by atoms with Crippen molar-refractivity contribution in [1.82, 2.24) is 10.2 Å². The van der Waals surface area contributed by atoms with E-state index < -0.39 is 11.6 Å². The monoisotopic (exact) mass is 364 g/mol. The Morgan fingerprint density at radius 3 is 2.58 bits per heavy atom. The van der Waals surface area contributed by atoms with Crippen LogP contribution in [-0.2, 0) is 16.1 Å². The Hall–Kier alpha value is -1.98. The van der Waals surface area contributed by atoms with E-state index >= 15 is 0 Å². The largest absolute Gasteiger partial charge is 0.352 e. The van der Waals surface area contributed by atoms with E-state index in [4.69, 9.17) is 0 Å². The van der Waals surface area contributed by atoms with Crippen molar-refractivity contribution < 1.29 is 18.4 Å². The van der Waals surface area contributed by atoms with Crippen LogP contribution >= 0.6 is 0 Å². The lowest BCUT2D eigenvalue weighted by Gasteiger charge is -2.37. The zero-order chi connectivity index (χ0) is 18.5. The highest BCUT2D eigenvalue weighted by atomic mass is 19.2. The molecule has 0 radical (unpaired) electrons. The molecule has 3 rings (SSSR count). The van der Waals surface area contributed by atoms with Gasteiger partial charge in [0.2, 0.25) is 11.8 Å². The molecule has 1 atom stereocenters. The third-order valence-corrected chi connectivity index (χ3v) is 5.56. The standard InChI is InChI=1S/C20H26F2N2O2/c21-17-9-5-6-14(19(17)22)12-23-20(26)15-10-11-18(25)24(13-15)16-7-3-1-2-4-8-16/h5-6,9,15-16H,1-4,7-8,10-13H2,(H,23,26)/t15-/m1/s1. The Morgan fingerprint density at radius 1 is 1.12 bits per heavy atom. The van der Waals surface area contributed by atoms with Gasteiger partial charge in [-0.3, -0.25) is 9.59 Å². The van der Waals surface area contributed by atoms with E-state index in [1.54, 1.807) is 0 Å². The third kappa shape index (κ3) is 4.40. The molecule has 1 saturated carbocycles. The SMILES string of the molecule is O=C(NCc1cccc(F)c1F)[C@@H]1CCC(=O)N(C2CCCCCC2)C1. The minimum Gasteiger partial charge on any atom is -0.352 e. The molecule has 1 N–H and O–H groups in total. The topological polar surface area (TPSA) is 49.4 Å². The van der Waals surface area contributed by atoms with E-state index in [1.807, 2.05) is 4.90 Å². The van der Waals surface area contributed by atoms with E-state index in [9.17, 15) is 18.4 Å². The Labute approximate surface area is 152 Å². The third-order valence-electron chi connectivity index (χ3n) is 5.56. The second-order valence-corrected chi connectivity index (χ2v) is 7.36. The van der Waals surface area contributed by atoms with Gasteiger partial charge in [0.05, 0.1) is 5.92 Å². The molecule has 2 aliphatic rings. The first-order valence-corrected chi connectivity index (χ1v) is 9.56. The number of hydrogen-bond donors (Lipinski definition) is 1. The molecule has 142 valence electrons. The van der Waals surface area contributed by atoms with Crippen LogP contribution in [-0.4, -0.2) is 29.3 Å². The maximum atomic E-state index is 13.7. The summed E-state index contributed by atoms with van der Waals surface area (Å²) >= 11 is 0. The molecule has 1 aliphatic heterocycles. The van der Waals surface area contributed by atoms with Gasteiger partial charge in [-0.05, 0) is 25.3 Å². The van der Waals surface area contributed by atoms with Gasteiger partial charge in [0.15, 0.2) is 11.6 Å². The van der Waals surface area contributed by atoms with E-state index in [2.05, 4.69) is 5.32 Å². The molecule has 26 heavy (non-hydrogen) atoms. The van der Waals surface area contributed by atoms with E-state index in [0.717, 1.165) is 31.7 Å².